The molecule has 2 rings (SSSR count). The van der Waals surface area contributed by atoms with Gasteiger partial charge in [0.1, 0.15) is 0 Å². The van der Waals surface area contributed by atoms with Crippen LogP contribution in [0.2, 0.25) is 0 Å². The Bertz CT molecular complexity index is 588. The summed E-state index contributed by atoms with van der Waals surface area (Å²) >= 11 is 0. The second-order valence-corrected chi connectivity index (χ2v) is 4.87. The number of nitrogens with zero attached hydrogens (tertiary/aromatic N) is 1. The monoisotopic (exact) mass is 280 g/mol. The molecule has 2 aromatic carbocycles. The highest BCUT2D eigenvalue weighted by Crippen LogP contribution is 2.03. The van der Waals surface area contributed by atoms with E-state index >= 15 is 0 Å². The van der Waals surface area contributed by atoms with Gasteiger partial charge in [-0.2, -0.15) is 5.10 Å². The number of amides is 1. The smallest absolute Gasteiger partial charge is 0.240 e. The van der Waals surface area contributed by atoms with Crippen molar-refractivity contribution in [2.75, 3.05) is 0 Å². The highest BCUT2D eigenvalue weighted by Gasteiger charge is 2.00. The van der Waals surface area contributed by atoms with E-state index in [4.69, 9.17) is 0 Å². The van der Waals surface area contributed by atoms with Crippen molar-refractivity contribution < 1.29 is 4.79 Å². The predicted octanol–water partition coefficient (Wildman–Crippen LogP) is 3.33. The number of carbonyl (C=O) groups excluding carboxylic acids is 1. The molecule has 3 heteroatoms. The summed E-state index contributed by atoms with van der Waals surface area (Å²) in [6.07, 6.45) is 3.86. The van der Waals surface area contributed by atoms with Crippen LogP contribution < -0.4 is 5.43 Å². The fourth-order valence-electron chi connectivity index (χ4n) is 1.98. The largest absolute Gasteiger partial charge is 0.273 e. The van der Waals surface area contributed by atoms with Gasteiger partial charge in [-0.25, -0.2) is 5.43 Å². The minimum absolute atomic E-state index is 0.0692. The average Bonchev–Trinajstić information content (AvgIpc) is 2.54. The number of rotatable bonds is 6. The number of carbonyl (C=O) groups is 1. The molecule has 0 aliphatic heterocycles. The van der Waals surface area contributed by atoms with E-state index in [9.17, 15) is 4.79 Å². The summed E-state index contributed by atoms with van der Waals surface area (Å²) in [6.45, 7) is 2.12. The van der Waals surface area contributed by atoms with Crippen LogP contribution in [0.25, 0.3) is 0 Å². The standard InChI is InChI=1S/C18H20N2O/c1-2-15-8-10-17(11-9-15)14-19-20-18(21)13-12-16-6-4-3-5-7-16/h3-11,14H,2,12-13H2,1H3,(H,20,21). The summed E-state index contributed by atoms with van der Waals surface area (Å²) in [5.74, 6) is -0.0692. The Hall–Kier alpha value is -2.42. The van der Waals surface area contributed by atoms with Crippen molar-refractivity contribution >= 4 is 12.1 Å². The van der Waals surface area contributed by atoms with Crippen LogP contribution in [0.1, 0.15) is 30.0 Å². The first kappa shape index (κ1) is 15.0. The molecule has 0 saturated carbocycles. The van der Waals surface area contributed by atoms with E-state index in [0.717, 1.165) is 24.0 Å². The van der Waals surface area contributed by atoms with Gasteiger partial charge in [0, 0.05) is 6.42 Å². The lowest BCUT2D eigenvalue weighted by atomic mass is 10.1. The van der Waals surface area contributed by atoms with Gasteiger partial charge in [0.15, 0.2) is 0 Å². The molecular formula is C18H20N2O. The van der Waals surface area contributed by atoms with E-state index in [2.05, 4.69) is 29.6 Å². The van der Waals surface area contributed by atoms with Crippen molar-refractivity contribution in [3.8, 4) is 0 Å². The topological polar surface area (TPSA) is 41.5 Å². The molecule has 0 radical (unpaired) electrons. The SMILES string of the molecule is CCc1ccc(C=NNC(=O)CCc2ccccc2)cc1. The molecule has 3 nitrogen and oxygen atoms in total. The first-order valence-electron chi connectivity index (χ1n) is 7.22. The molecule has 1 amide bonds. The Morgan fingerprint density at radius 2 is 1.76 bits per heavy atom. The van der Waals surface area contributed by atoms with Gasteiger partial charge in [-0.1, -0.05) is 61.5 Å². The molecule has 0 unspecified atom stereocenters. The average molecular weight is 280 g/mol. The quantitative estimate of drug-likeness (QED) is 0.640. The third-order valence-electron chi connectivity index (χ3n) is 3.27. The molecule has 0 aliphatic carbocycles. The summed E-state index contributed by atoms with van der Waals surface area (Å²) < 4.78 is 0. The zero-order chi connectivity index (χ0) is 14.9. The molecule has 0 spiro atoms. The lowest BCUT2D eigenvalue weighted by Gasteiger charge is -2.01. The molecular weight excluding hydrogens is 260 g/mol. The summed E-state index contributed by atoms with van der Waals surface area (Å²) in [5.41, 5.74) is 5.99. The van der Waals surface area contributed by atoms with E-state index in [1.54, 1.807) is 6.21 Å². The maximum absolute atomic E-state index is 11.7. The number of benzene rings is 2. The number of nitrogens with one attached hydrogen (secondary N) is 1. The molecule has 0 saturated heterocycles. The zero-order valence-electron chi connectivity index (χ0n) is 12.3. The molecule has 21 heavy (non-hydrogen) atoms. The Labute approximate surface area is 125 Å². The van der Waals surface area contributed by atoms with E-state index in [1.165, 1.54) is 5.56 Å². The molecule has 0 aliphatic rings. The minimum Gasteiger partial charge on any atom is -0.273 e. The number of hydrogen-bond acceptors (Lipinski definition) is 2. The summed E-state index contributed by atoms with van der Waals surface area (Å²) in [4.78, 5) is 11.7. The summed E-state index contributed by atoms with van der Waals surface area (Å²) in [6, 6.07) is 18.1. The lowest BCUT2D eigenvalue weighted by molar-refractivity contribution is -0.121. The van der Waals surface area contributed by atoms with Crippen molar-refractivity contribution in [3.63, 3.8) is 0 Å². The molecule has 108 valence electrons. The predicted molar refractivity (Wildman–Crippen MR) is 86.3 cm³/mol. The first-order chi connectivity index (χ1) is 10.3. The molecule has 0 aromatic heterocycles. The Kier molecular flexibility index (Phi) is 5.71. The molecule has 0 bridgehead atoms. The third-order valence-corrected chi connectivity index (χ3v) is 3.27. The normalized spacial score (nSPS) is 10.7. The highest BCUT2D eigenvalue weighted by molar-refractivity contribution is 5.82. The van der Waals surface area contributed by atoms with Gasteiger partial charge in [-0.05, 0) is 29.5 Å². The van der Waals surface area contributed by atoms with Gasteiger partial charge in [-0.3, -0.25) is 4.79 Å². The van der Waals surface area contributed by atoms with E-state index < -0.39 is 0 Å². The van der Waals surface area contributed by atoms with Crippen LogP contribution in [0.15, 0.2) is 59.7 Å². The molecule has 0 atom stereocenters. The molecule has 0 heterocycles. The minimum atomic E-state index is -0.0692. The zero-order valence-corrected chi connectivity index (χ0v) is 12.3. The molecule has 2 aromatic rings. The van der Waals surface area contributed by atoms with Gasteiger partial charge >= 0.3 is 0 Å². The van der Waals surface area contributed by atoms with Crippen LogP contribution in [0.5, 0.6) is 0 Å². The van der Waals surface area contributed by atoms with E-state index in [0.29, 0.717) is 6.42 Å². The van der Waals surface area contributed by atoms with Crippen LogP contribution in [-0.2, 0) is 17.6 Å². The van der Waals surface area contributed by atoms with E-state index in [-0.39, 0.29) is 5.91 Å². The second-order valence-electron chi connectivity index (χ2n) is 4.87. The Morgan fingerprint density at radius 1 is 1.05 bits per heavy atom. The summed E-state index contributed by atoms with van der Waals surface area (Å²) in [7, 11) is 0. The maximum Gasteiger partial charge on any atom is 0.240 e. The fourth-order valence-corrected chi connectivity index (χ4v) is 1.98. The van der Waals surface area contributed by atoms with Gasteiger partial charge in [0.25, 0.3) is 0 Å². The highest BCUT2D eigenvalue weighted by atomic mass is 16.2. The van der Waals surface area contributed by atoms with Gasteiger partial charge < -0.3 is 0 Å². The van der Waals surface area contributed by atoms with Gasteiger partial charge in [0.2, 0.25) is 5.91 Å². The Morgan fingerprint density at radius 3 is 2.43 bits per heavy atom. The van der Waals surface area contributed by atoms with Crippen molar-refractivity contribution in [3.05, 3.63) is 71.3 Å². The van der Waals surface area contributed by atoms with Crippen molar-refractivity contribution in [1.82, 2.24) is 5.43 Å². The van der Waals surface area contributed by atoms with Crippen molar-refractivity contribution in [1.29, 1.82) is 0 Å². The van der Waals surface area contributed by atoms with E-state index in [1.807, 2.05) is 42.5 Å². The molecule has 1 N–H and O–H groups in total. The van der Waals surface area contributed by atoms with Crippen LogP contribution in [0.3, 0.4) is 0 Å². The molecule has 0 fully saturated rings. The van der Waals surface area contributed by atoms with Crippen molar-refractivity contribution in [2.24, 2.45) is 5.10 Å². The van der Waals surface area contributed by atoms with Crippen LogP contribution in [0.4, 0.5) is 0 Å². The first-order valence-corrected chi connectivity index (χ1v) is 7.22. The maximum atomic E-state index is 11.7. The van der Waals surface area contributed by atoms with Crippen LogP contribution >= 0.6 is 0 Å². The van der Waals surface area contributed by atoms with Gasteiger partial charge in [-0.15, -0.1) is 0 Å². The number of hydrazone groups is 1. The van der Waals surface area contributed by atoms with Crippen LogP contribution in [-0.4, -0.2) is 12.1 Å². The van der Waals surface area contributed by atoms with Crippen molar-refractivity contribution in [2.45, 2.75) is 26.2 Å². The second kappa shape index (κ2) is 8.00. The van der Waals surface area contributed by atoms with Crippen LogP contribution in [0, 0.1) is 0 Å². The van der Waals surface area contributed by atoms with Gasteiger partial charge in [0.05, 0.1) is 6.21 Å². The Balaban J connectivity index is 1.76. The summed E-state index contributed by atoms with van der Waals surface area (Å²) in [5, 5.41) is 3.98. The number of aryl methyl sites for hydroxylation is 2. The lowest BCUT2D eigenvalue weighted by Crippen LogP contribution is -2.17. The number of hydrogen-bond donors (Lipinski definition) is 1. The fraction of sp³-hybridized carbons (Fsp3) is 0.222. The third kappa shape index (κ3) is 5.22.